The van der Waals surface area contributed by atoms with Gasteiger partial charge in [-0.1, -0.05) is 0 Å². The lowest BCUT2D eigenvalue weighted by atomic mass is 10.5. The molecule has 0 spiro atoms. The van der Waals surface area contributed by atoms with Gasteiger partial charge >= 0.3 is 0 Å². The summed E-state index contributed by atoms with van der Waals surface area (Å²) < 4.78 is 0. The van der Waals surface area contributed by atoms with Crippen molar-refractivity contribution in [1.29, 1.82) is 0 Å². The first kappa shape index (κ1) is 9.29. The summed E-state index contributed by atoms with van der Waals surface area (Å²) in [6, 6.07) is 0. The number of carbonyl (C=O) groups excluding carboxylic acids is 2. The van der Waals surface area contributed by atoms with Crippen LogP contribution in [0.3, 0.4) is 0 Å². The van der Waals surface area contributed by atoms with E-state index >= 15 is 0 Å². The minimum absolute atomic E-state index is 0.0237. The van der Waals surface area contributed by atoms with Crippen LogP contribution in [-0.2, 0) is 9.59 Å². The van der Waals surface area contributed by atoms with Crippen molar-refractivity contribution in [2.45, 2.75) is 0 Å². The van der Waals surface area contributed by atoms with Crippen LogP contribution in [0.15, 0.2) is 0 Å². The highest BCUT2D eigenvalue weighted by Crippen LogP contribution is 1.71. The van der Waals surface area contributed by atoms with E-state index in [-0.39, 0.29) is 24.1 Å². The van der Waals surface area contributed by atoms with E-state index < -0.39 is 0 Å². The fourth-order valence-electron chi connectivity index (χ4n) is 0.323. The van der Waals surface area contributed by atoms with Gasteiger partial charge in [0.2, 0.25) is 11.8 Å². The first-order valence-electron chi connectivity index (χ1n) is 2.79. The second-order valence-corrected chi connectivity index (χ2v) is 1.92. The summed E-state index contributed by atoms with van der Waals surface area (Å²) in [7, 11) is 1.51. The Balaban J connectivity index is 3.35. The van der Waals surface area contributed by atoms with Gasteiger partial charge in [-0.3, -0.25) is 9.59 Å². The fraction of sp³-hybridized carbons (Fsp3) is 0.600. The molecule has 0 aromatic rings. The molecular weight excluding hydrogens is 152 g/mol. The van der Waals surface area contributed by atoms with Gasteiger partial charge in [-0.15, -0.1) is 0 Å². The predicted molar refractivity (Wildman–Crippen MR) is 40.9 cm³/mol. The lowest BCUT2D eigenvalue weighted by molar-refractivity contribution is -0.124. The molecule has 58 valence electrons. The third-order valence-corrected chi connectivity index (χ3v) is 1.16. The Morgan fingerprint density at radius 1 is 1.40 bits per heavy atom. The van der Waals surface area contributed by atoms with Gasteiger partial charge in [0.1, 0.15) is 0 Å². The molecule has 0 heterocycles. The largest absolute Gasteiger partial charge is 0.358 e. The van der Waals surface area contributed by atoms with Crippen LogP contribution in [0.2, 0.25) is 0 Å². The second-order valence-electron chi connectivity index (χ2n) is 1.61. The topological polar surface area (TPSA) is 58.2 Å². The van der Waals surface area contributed by atoms with Gasteiger partial charge in [0, 0.05) is 7.05 Å². The third kappa shape index (κ3) is 4.20. The lowest BCUT2D eigenvalue weighted by Gasteiger charge is -1.99. The molecule has 0 unspecified atom stereocenters. The van der Waals surface area contributed by atoms with E-state index in [4.69, 9.17) is 0 Å². The van der Waals surface area contributed by atoms with Crippen molar-refractivity contribution in [3.8, 4) is 0 Å². The standard InChI is InChI=1S/C5H10N2O2S/c1-6-4(8)2-7-5(9)3-10/h10H,2-3H2,1H3,(H,6,8)(H,7,9). The van der Waals surface area contributed by atoms with Crippen molar-refractivity contribution >= 4 is 24.4 Å². The molecule has 2 amide bonds. The minimum atomic E-state index is -0.244. The van der Waals surface area contributed by atoms with E-state index in [2.05, 4.69) is 23.3 Å². The molecule has 0 radical (unpaired) electrons. The van der Waals surface area contributed by atoms with Crippen molar-refractivity contribution in [3.05, 3.63) is 0 Å². The summed E-state index contributed by atoms with van der Waals surface area (Å²) in [5.41, 5.74) is 0. The van der Waals surface area contributed by atoms with Crippen LogP contribution in [0, 0.1) is 0 Å². The summed E-state index contributed by atoms with van der Waals surface area (Å²) in [6.07, 6.45) is 0. The zero-order valence-corrected chi connectivity index (χ0v) is 6.57. The van der Waals surface area contributed by atoms with Crippen molar-refractivity contribution < 1.29 is 9.59 Å². The Kier molecular flexibility index (Phi) is 4.74. The van der Waals surface area contributed by atoms with Crippen LogP contribution in [0.5, 0.6) is 0 Å². The summed E-state index contributed by atoms with van der Waals surface area (Å²) in [5.74, 6) is -0.348. The Labute approximate surface area is 64.8 Å². The Morgan fingerprint density at radius 2 is 2.00 bits per heavy atom. The molecule has 0 bridgehead atoms. The highest BCUT2D eigenvalue weighted by Gasteiger charge is 1.99. The third-order valence-electron chi connectivity index (χ3n) is 0.869. The van der Waals surface area contributed by atoms with Crippen LogP contribution in [-0.4, -0.2) is 31.2 Å². The molecule has 5 heteroatoms. The van der Waals surface area contributed by atoms with E-state index in [9.17, 15) is 9.59 Å². The number of amides is 2. The molecule has 0 saturated carbocycles. The van der Waals surface area contributed by atoms with E-state index in [1.54, 1.807) is 0 Å². The van der Waals surface area contributed by atoms with Crippen LogP contribution < -0.4 is 10.6 Å². The number of hydrogen-bond donors (Lipinski definition) is 3. The van der Waals surface area contributed by atoms with Crippen molar-refractivity contribution in [2.75, 3.05) is 19.3 Å². The van der Waals surface area contributed by atoms with Gasteiger partial charge in [0.05, 0.1) is 12.3 Å². The van der Waals surface area contributed by atoms with Crippen LogP contribution in [0.25, 0.3) is 0 Å². The van der Waals surface area contributed by atoms with Crippen LogP contribution >= 0.6 is 12.6 Å². The zero-order chi connectivity index (χ0) is 7.98. The smallest absolute Gasteiger partial charge is 0.239 e. The summed E-state index contributed by atoms with van der Waals surface area (Å²) >= 11 is 3.70. The first-order chi connectivity index (χ1) is 4.70. The lowest BCUT2D eigenvalue weighted by Crippen LogP contribution is -2.35. The van der Waals surface area contributed by atoms with E-state index in [1.807, 2.05) is 0 Å². The first-order valence-corrected chi connectivity index (χ1v) is 3.42. The molecule has 0 rings (SSSR count). The molecule has 10 heavy (non-hydrogen) atoms. The number of carbonyl (C=O) groups is 2. The average Bonchev–Trinajstić information content (AvgIpc) is 1.99. The van der Waals surface area contributed by atoms with Crippen LogP contribution in [0.1, 0.15) is 0 Å². The maximum absolute atomic E-state index is 10.5. The zero-order valence-electron chi connectivity index (χ0n) is 5.68. The van der Waals surface area contributed by atoms with Gasteiger partial charge in [0.25, 0.3) is 0 Å². The van der Waals surface area contributed by atoms with Crippen molar-refractivity contribution in [3.63, 3.8) is 0 Å². The van der Waals surface area contributed by atoms with E-state index in [1.165, 1.54) is 7.05 Å². The van der Waals surface area contributed by atoms with Gasteiger partial charge in [-0.25, -0.2) is 0 Å². The molecule has 2 N–H and O–H groups in total. The van der Waals surface area contributed by atoms with E-state index in [0.29, 0.717) is 0 Å². The fourth-order valence-corrected chi connectivity index (χ4v) is 0.435. The molecule has 0 aliphatic carbocycles. The normalized spacial score (nSPS) is 8.60. The summed E-state index contributed by atoms with van der Waals surface area (Å²) in [6.45, 7) is 0.0237. The molecule has 0 aromatic carbocycles. The van der Waals surface area contributed by atoms with Gasteiger partial charge < -0.3 is 10.6 Å². The van der Waals surface area contributed by atoms with Gasteiger partial charge in [0.15, 0.2) is 0 Å². The monoisotopic (exact) mass is 162 g/mol. The molecule has 4 nitrogen and oxygen atoms in total. The highest BCUT2D eigenvalue weighted by molar-refractivity contribution is 7.81. The summed E-state index contributed by atoms with van der Waals surface area (Å²) in [4.78, 5) is 20.9. The Hall–Kier alpha value is -0.710. The quantitative estimate of drug-likeness (QED) is 0.455. The molecule has 0 saturated heterocycles. The van der Waals surface area contributed by atoms with Gasteiger partial charge in [-0.05, 0) is 0 Å². The average molecular weight is 162 g/mol. The maximum atomic E-state index is 10.5. The van der Waals surface area contributed by atoms with E-state index in [0.717, 1.165) is 0 Å². The Bertz CT molecular complexity index is 122. The SMILES string of the molecule is CNC(=O)CNC(=O)CS. The molecule has 0 aliphatic rings. The van der Waals surface area contributed by atoms with Crippen molar-refractivity contribution in [1.82, 2.24) is 10.6 Å². The number of thiol groups is 1. The minimum Gasteiger partial charge on any atom is -0.358 e. The molecule has 0 aliphatic heterocycles. The number of likely N-dealkylation sites (N-methyl/N-ethyl adjacent to an activating group) is 1. The molecular formula is C5H10N2O2S. The van der Waals surface area contributed by atoms with Crippen LogP contribution in [0.4, 0.5) is 0 Å². The van der Waals surface area contributed by atoms with Gasteiger partial charge in [-0.2, -0.15) is 12.6 Å². The second kappa shape index (κ2) is 5.10. The van der Waals surface area contributed by atoms with Crippen molar-refractivity contribution in [2.24, 2.45) is 0 Å². The highest BCUT2D eigenvalue weighted by atomic mass is 32.1. The maximum Gasteiger partial charge on any atom is 0.239 e. The number of hydrogen-bond acceptors (Lipinski definition) is 3. The molecule has 0 atom stereocenters. The number of rotatable bonds is 3. The summed E-state index contributed by atoms with van der Waals surface area (Å²) in [5, 5.41) is 4.72. The molecule has 0 fully saturated rings. The number of nitrogens with one attached hydrogen (secondary N) is 2. The Morgan fingerprint density at radius 3 is 2.40 bits per heavy atom. The molecule has 0 aromatic heterocycles. The predicted octanol–water partition coefficient (Wildman–Crippen LogP) is -1.22.